The Hall–Kier alpha value is -8.59. The summed E-state index contributed by atoms with van der Waals surface area (Å²) in [7, 11) is 0. The molecule has 0 N–H and O–H groups in total. The van der Waals surface area contributed by atoms with Crippen molar-refractivity contribution in [3.63, 3.8) is 0 Å². The molecule has 8 heteroatoms. The predicted octanol–water partition coefficient (Wildman–Crippen LogP) is 19.8. The van der Waals surface area contributed by atoms with Crippen LogP contribution in [0, 0.1) is 17.0 Å². The topological polar surface area (TPSA) is 33.5 Å². The van der Waals surface area contributed by atoms with Crippen molar-refractivity contribution in [1.29, 1.82) is 0 Å². The summed E-state index contributed by atoms with van der Waals surface area (Å²) in [4.78, 5) is 9.88. The van der Waals surface area contributed by atoms with E-state index in [0.29, 0.717) is 45.4 Å². The Labute approximate surface area is 454 Å². The van der Waals surface area contributed by atoms with E-state index < -0.39 is 11.8 Å². The maximum absolute atomic E-state index is 15.5. The second kappa shape index (κ2) is 18.6. The van der Waals surface area contributed by atoms with Gasteiger partial charge in [0.25, 0.3) is 0 Å². The molecular formula is C69H56F2N4OS. The smallest absolute Gasteiger partial charge is 0.141 e. The third kappa shape index (κ3) is 8.67. The Balaban J connectivity index is 0.940. The van der Waals surface area contributed by atoms with Gasteiger partial charge in [-0.2, -0.15) is 0 Å². The number of halogens is 2. The van der Waals surface area contributed by atoms with Gasteiger partial charge in [-0.05, 0) is 124 Å². The summed E-state index contributed by atoms with van der Waals surface area (Å²) in [6, 6.07) is 66.3. The highest BCUT2D eigenvalue weighted by molar-refractivity contribution is 7.26. The molecular weight excluding hydrogens is 971 g/mol. The number of rotatable bonds is 9. The van der Waals surface area contributed by atoms with E-state index in [1.807, 2.05) is 69.3 Å². The van der Waals surface area contributed by atoms with Crippen molar-refractivity contribution in [2.75, 3.05) is 16.5 Å². The Kier molecular flexibility index (Phi) is 11.1. The molecule has 0 amide bonds. The van der Waals surface area contributed by atoms with Crippen LogP contribution in [0.25, 0.3) is 81.2 Å². The number of hydrogen-bond acceptors (Lipinski definition) is 5. The minimum absolute atomic E-state index is 0.101. The minimum Gasteiger partial charge on any atom is -0.457 e. The molecule has 77 heavy (non-hydrogen) atoms. The van der Waals surface area contributed by atoms with Crippen molar-refractivity contribution in [3.05, 3.63) is 229 Å². The fourth-order valence-corrected chi connectivity index (χ4v) is 12.3. The number of aromatic nitrogens is 2. The van der Waals surface area contributed by atoms with E-state index >= 15 is 4.39 Å². The van der Waals surface area contributed by atoms with Gasteiger partial charge in [0.1, 0.15) is 35.6 Å². The van der Waals surface area contributed by atoms with Crippen molar-refractivity contribution < 1.29 is 16.3 Å². The number of hydrogen-bond donors (Lipinski definition) is 0. The molecule has 0 atom stereocenters. The first-order valence-electron chi connectivity index (χ1n) is 27.1. The quantitative estimate of drug-likeness (QED) is 0.144. The Morgan fingerprint density at radius 3 is 1.87 bits per heavy atom. The highest BCUT2D eigenvalue weighted by Gasteiger charge is 2.33. The number of anilines is 4. The molecule has 13 rings (SSSR count). The maximum Gasteiger partial charge on any atom is 0.141 e. The van der Waals surface area contributed by atoms with Crippen LogP contribution < -0.4 is 14.5 Å². The number of fused-ring (bicyclic) bond motifs is 8. The molecule has 378 valence electrons. The molecule has 0 saturated carbocycles. The Morgan fingerprint density at radius 1 is 0.558 bits per heavy atom. The molecule has 0 unspecified atom stereocenters. The molecule has 1 aliphatic rings. The molecule has 4 heterocycles. The van der Waals surface area contributed by atoms with E-state index in [-0.39, 0.29) is 17.0 Å². The second-order valence-corrected chi connectivity index (χ2v) is 23.0. The molecule has 12 aromatic rings. The van der Waals surface area contributed by atoms with Crippen molar-refractivity contribution in [2.24, 2.45) is 5.41 Å². The van der Waals surface area contributed by atoms with Crippen LogP contribution in [0.5, 0.6) is 11.5 Å². The van der Waals surface area contributed by atoms with Gasteiger partial charge in [-0.15, -0.1) is 11.3 Å². The van der Waals surface area contributed by atoms with Gasteiger partial charge >= 0.3 is 0 Å². The summed E-state index contributed by atoms with van der Waals surface area (Å²) in [5, 5.41) is 3.64. The van der Waals surface area contributed by atoms with Crippen LogP contribution in [0.2, 0.25) is 0 Å². The third-order valence-corrected chi connectivity index (χ3v) is 15.9. The first-order chi connectivity index (χ1) is 38.0. The van der Waals surface area contributed by atoms with Gasteiger partial charge in [-0.1, -0.05) is 151 Å². The maximum atomic E-state index is 15.5. The van der Waals surface area contributed by atoms with Gasteiger partial charge in [-0.25, -0.2) is 13.8 Å². The Morgan fingerprint density at radius 2 is 1.18 bits per heavy atom. The van der Waals surface area contributed by atoms with Crippen LogP contribution in [0.15, 0.2) is 206 Å². The van der Waals surface area contributed by atoms with E-state index in [2.05, 4.69) is 150 Å². The zero-order valence-electron chi connectivity index (χ0n) is 45.7. The van der Waals surface area contributed by atoms with Gasteiger partial charge in [0, 0.05) is 69.7 Å². The fraction of sp³-hybridized carbons (Fsp3) is 0.145. The van der Waals surface area contributed by atoms with Crippen LogP contribution in [-0.2, 0) is 11.8 Å². The van der Waals surface area contributed by atoms with Gasteiger partial charge in [0.15, 0.2) is 0 Å². The van der Waals surface area contributed by atoms with E-state index in [0.717, 1.165) is 82.3 Å². The highest BCUT2D eigenvalue weighted by Crippen LogP contribution is 2.52. The van der Waals surface area contributed by atoms with E-state index in [1.165, 1.54) is 35.1 Å². The van der Waals surface area contributed by atoms with Crippen LogP contribution >= 0.6 is 11.3 Å². The third-order valence-electron chi connectivity index (χ3n) is 14.6. The summed E-state index contributed by atoms with van der Waals surface area (Å²) in [5.74, 6) is 1.08. The molecule has 9 aromatic carbocycles. The Bertz CT molecular complexity index is 4290. The predicted molar refractivity (Wildman–Crippen MR) is 318 cm³/mol. The first-order valence-corrected chi connectivity index (χ1v) is 26.9. The number of benzene rings is 9. The lowest BCUT2D eigenvalue weighted by atomic mass is 9.82. The molecule has 0 radical (unpaired) electrons. The lowest BCUT2D eigenvalue weighted by Gasteiger charge is -2.30. The van der Waals surface area contributed by atoms with Crippen LogP contribution in [0.4, 0.5) is 31.5 Å². The van der Waals surface area contributed by atoms with E-state index in [9.17, 15) is 7.13 Å². The van der Waals surface area contributed by atoms with Crippen LogP contribution in [0.1, 0.15) is 55.4 Å². The molecule has 0 fully saturated rings. The summed E-state index contributed by atoms with van der Waals surface area (Å²) in [6.07, 6.45) is -0.150. The molecule has 1 aliphatic heterocycles. The number of pyridine rings is 1. The normalized spacial score (nSPS) is 13.5. The summed E-state index contributed by atoms with van der Waals surface area (Å²) >= 11 is 1.43. The lowest BCUT2D eigenvalue weighted by Crippen LogP contribution is -2.25. The summed E-state index contributed by atoms with van der Waals surface area (Å²) in [5.41, 5.74) is 12.5. The molecule has 5 nitrogen and oxygen atoms in total. The monoisotopic (exact) mass is 1030 g/mol. The fourth-order valence-electron chi connectivity index (χ4n) is 11.1. The lowest BCUT2D eigenvalue weighted by molar-refractivity contribution is 0.411. The van der Waals surface area contributed by atoms with Crippen molar-refractivity contribution >= 4 is 76.1 Å². The van der Waals surface area contributed by atoms with E-state index in [4.69, 9.17) is 9.72 Å². The molecule has 0 spiro atoms. The van der Waals surface area contributed by atoms with Gasteiger partial charge in [0.05, 0.1) is 32.8 Å². The minimum atomic E-state index is -1.85. The molecule has 0 aliphatic carbocycles. The standard InChI is InChI=1S/C69H56F2N4OS/c1-68(2,3)40-46-35-63(72-41-57(46)45-27-29-48(70)30-28-45)75-61-34-33-53-52-23-16-24-58(71)66(52)77-67(53)64(61)54-32-31-51(39-62(54)75)76-50-22-15-21-49(38-50)73-42-74(60-26-14-13-25-59(60)73)65-55(43-17-9-7-10-18-43)36-47(69(4,5)6)37-56(65)44-19-11-8-12-20-44/h7-39,41H,40,42H2,1-6H3/i40D2. The zero-order valence-corrected chi connectivity index (χ0v) is 44.5. The number of thiophene rings is 1. The highest BCUT2D eigenvalue weighted by atomic mass is 32.1. The van der Waals surface area contributed by atoms with Crippen LogP contribution in [-0.4, -0.2) is 16.2 Å². The van der Waals surface area contributed by atoms with Gasteiger partial charge in [-0.3, -0.25) is 4.57 Å². The second-order valence-electron chi connectivity index (χ2n) is 22.0. The number of nitrogens with zero attached hydrogens (tertiary/aromatic N) is 4. The zero-order chi connectivity index (χ0) is 54.5. The summed E-state index contributed by atoms with van der Waals surface area (Å²) < 4.78 is 59.6. The number of para-hydroxylation sites is 2. The van der Waals surface area contributed by atoms with Crippen molar-refractivity contribution in [1.82, 2.24) is 9.55 Å². The van der Waals surface area contributed by atoms with Crippen LogP contribution in [0.3, 0.4) is 0 Å². The molecule has 0 saturated heterocycles. The first kappa shape index (κ1) is 45.8. The molecule has 0 bridgehead atoms. The largest absolute Gasteiger partial charge is 0.457 e. The van der Waals surface area contributed by atoms with Gasteiger partial charge < -0.3 is 14.5 Å². The number of ether oxygens (including phenoxy) is 1. The average molecular weight is 1030 g/mol. The molecule has 3 aromatic heterocycles. The average Bonchev–Trinajstić information content (AvgIpc) is 4.05. The van der Waals surface area contributed by atoms with E-state index in [1.54, 1.807) is 24.4 Å². The SMILES string of the molecule is [2H]C([2H])(c1cc(-n2c3cc(Oc4cccc(N5CN(c6c(-c7ccccc7)cc(C(C)(C)C)cc6-c6ccccc6)c6ccccc65)c4)ccc3c3c4sc5c(F)cccc5c4ccc32)ncc1-c1ccc(F)cc1)C(C)(C)C. The summed E-state index contributed by atoms with van der Waals surface area (Å²) in [6.45, 7) is 13.0. The van der Waals surface area contributed by atoms with Crippen molar-refractivity contribution in [2.45, 2.75) is 53.3 Å². The van der Waals surface area contributed by atoms with Gasteiger partial charge in [0.2, 0.25) is 0 Å². The van der Waals surface area contributed by atoms with Crippen molar-refractivity contribution in [3.8, 4) is 50.7 Å².